The summed E-state index contributed by atoms with van der Waals surface area (Å²) in [7, 11) is 1.69. The Labute approximate surface area is 186 Å². The number of hydrogen-bond acceptors (Lipinski definition) is 3. The normalized spacial score (nSPS) is 17.6. The molecule has 1 aliphatic rings. The Hall–Kier alpha value is -1.51. The van der Waals surface area contributed by atoms with Crippen molar-refractivity contribution >= 4 is 35.8 Å². The average Bonchev–Trinajstić information content (AvgIpc) is 3.17. The fraction of sp³-hybridized carbons (Fsp3) is 0.619. The maximum absolute atomic E-state index is 11.9. The fourth-order valence-electron chi connectivity index (χ4n) is 3.24. The van der Waals surface area contributed by atoms with E-state index in [1.165, 1.54) is 5.56 Å². The molecule has 0 aromatic heterocycles. The molecule has 0 radical (unpaired) electrons. The molecule has 1 saturated heterocycles. The molecule has 2 N–H and O–H groups in total. The Kier molecular flexibility index (Phi) is 11.3. The molecular weight excluding hydrogens is 467 g/mol. The van der Waals surface area contributed by atoms with Gasteiger partial charge in [-0.05, 0) is 44.4 Å². The molecule has 0 spiro atoms. The van der Waals surface area contributed by atoms with Crippen LogP contribution < -0.4 is 15.4 Å². The fourth-order valence-corrected chi connectivity index (χ4v) is 3.24. The number of aliphatic imine (C=N–C) groups is 1. The third-order valence-corrected chi connectivity index (χ3v) is 5.03. The van der Waals surface area contributed by atoms with Gasteiger partial charge in [-0.15, -0.1) is 24.0 Å². The topological polar surface area (TPSA) is 66.0 Å². The van der Waals surface area contributed by atoms with Gasteiger partial charge in [0.15, 0.2) is 5.96 Å². The van der Waals surface area contributed by atoms with E-state index in [1.807, 2.05) is 19.1 Å². The van der Waals surface area contributed by atoms with Gasteiger partial charge in [-0.2, -0.15) is 0 Å². The van der Waals surface area contributed by atoms with E-state index in [1.54, 1.807) is 7.11 Å². The molecule has 1 aromatic carbocycles. The molecular formula is C21H35IN4O2. The Bertz CT molecular complexity index is 621. The van der Waals surface area contributed by atoms with Gasteiger partial charge in [0.2, 0.25) is 5.91 Å². The Balaban J connectivity index is 0.00000392. The van der Waals surface area contributed by atoms with Crippen LogP contribution >= 0.6 is 24.0 Å². The zero-order valence-corrected chi connectivity index (χ0v) is 19.9. The maximum Gasteiger partial charge on any atom is 0.222 e. The van der Waals surface area contributed by atoms with Crippen molar-refractivity contribution in [3.63, 3.8) is 0 Å². The number of amides is 1. The molecule has 0 aliphatic carbocycles. The van der Waals surface area contributed by atoms with E-state index >= 15 is 0 Å². The van der Waals surface area contributed by atoms with Gasteiger partial charge in [-0.25, -0.2) is 0 Å². The molecule has 1 aromatic rings. The minimum absolute atomic E-state index is 0. The lowest BCUT2D eigenvalue weighted by molar-refractivity contribution is -0.121. The maximum atomic E-state index is 11.9. The number of halogens is 1. The third kappa shape index (κ3) is 7.48. The summed E-state index contributed by atoms with van der Waals surface area (Å²) in [5, 5.41) is 6.35. The van der Waals surface area contributed by atoms with Crippen LogP contribution in [0.2, 0.25) is 0 Å². The molecule has 2 rings (SSSR count). The number of carbonyl (C=O) groups excluding carboxylic acids is 1. The van der Waals surface area contributed by atoms with E-state index < -0.39 is 0 Å². The molecule has 0 bridgehead atoms. The van der Waals surface area contributed by atoms with Gasteiger partial charge in [-0.1, -0.05) is 19.1 Å². The molecule has 1 amide bonds. The van der Waals surface area contributed by atoms with Crippen LogP contribution in [-0.4, -0.2) is 56.1 Å². The number of ether oxygens (including phenoxy) is 1. The monoisotopic (exact) mass is 502 g/mol. The van der Waals surface area contributed by atoms with Crippen molar-refractivity contribution in [1.82, 2.24) is 15.5 Å². The summed E-state index contributed by atoms with van der Waals surface area (Å²) in [6.45, 7) is 9.41. The summed E-state index contributed by atoms with van der Waals surface area (Å²) in [4.78, 5) is 18.9. The predicted molar refractivity (Wildman–Crippen MR) is 126 cm³/mol. The van der Waals surface area contributed by atoms with E-state index in [0.717, 1.165) is 44.2 Å². The average molecular weight is 502 g/mol. The van der Waals surface area contributed by atoms with Crippen LogP contribution in [0.1, 0.15) is 51.5 Å². The molecule has 2 unspecified atom stereocenters. The van der Waals surface area contributed by atoms with Crippen molar-refractivity contribution < 1.29 is 9.53 Å². The Morgan fingerprint density at radius 3 is 2.64 bits per heavy atom. The van der Waals surface area contributed by atoms with Crippen molar-refractivity contribution in [3.8, 4) is 5.75 Å². The molecule has 2 atom stereocenters. The van der Waals surface area contributed by atoms with Crippen LogP contribution in [-0.2, 0) is 4.79 Å². The number of nitrogens with zero attached hydrogens (tertiary/aromatic N) is 2. The first-order valence-corrected chi connectivity index (χ1v) is 10.0. The van der Waals surface area contributed by atoms with E-state index in [0.29, 0.717) is 18.9 Å². The summed E-state index contributed by atoms with van der Waals surface area (Å²) >= 11 is 0. The smallest absolute Gasteiger partial charge is 0.222 e. The largest absolute Gasteiger partial charge is 0.497 e. The van der Waals surface area contributed by atoms with Crippen LogP contribution in [0, 0.1) is 0 Å². The highest BCUT2D eigenvalue weighted by Gasteiger charge is 2.26. The van der Waals surface area contributed by atoms with Gasteiger partial charge in [0.1, 0.15) is 5.75 Å². The van der Waals surface area contributed by atoms with Gasteiger partial charge in [0, 0.05) is 38.0 Å². The van der Waals surface area contributed by atoms with E-state index in [-0.39, 0.29) is 35.9 Å². The van der Waals surface area contributed by atoms with Gasteiger partial charge in [-0.3, -0.25) is 9.79 Å². The number of carbonyl (C=O) groups is 1. The number of hydrogen-bond donors (Lipinski definition) is 2. The molecule has 7 heteroatoms. The lowest BCUT2D eigenvalue weighted by Crippen LogP contribution is -2.40. The predicted octanol–water partition coefficient (Wildman–Crippen LogP) is 3.37. The van der Waals surface area contributed by atoms with Crippen molar-refractivity contribution in [2.75, 3.05) is 33.3 Å². The van der Waals surface area contributed by atoms with Crippen LogP contribution in [0.15, 0.2) is 29.3 Å². The molecule has 1 fully saturated rings. The number of nitrogens with one attached hydrogen (secondary N) is 2. The number of likely N-dealkylation sites (tertiary alicyclic amines) is 1. The number of guanidine groups is 1. The second-order valence-corrected chi connectivity index (χ2v) is 7.07. The highest BCUT2D eigenvalue weighted by atomic mass is 127. The third-order valence-electron chi connectivity index (χ3n) is 5.03. The summed E-state index contributed by atoms with van der Waals surface area (Å²) in [5.41, 5.74) is 1.34. The number of rotatable bonds is 8. The second-order valence-electron chi connectivity index (χ2n) is 7.07. The Morgan fingerprint density at radius 1 is 1.32 bits per heavy atom. The van der Waals surface area contributed by atoms with Crippen molar-refractivity contribution in [1.29, 1.82) is 0 Å². The van der Waals surface area contributed by atoms with Crippen LogP contribution in [0.5, 0.6) is 5.75 Å². The summed E-state index contributed by atoms with van der Waals surface area (Å²) in [5.74, 6) is 2.36. The molecule has 0 saturated carbocycles. The zero-order valence-electron chi connectivity index (χ0n) is 17.5. The molecule has 6 nitrogen and oxygen atoms in total. The lowest BCUT2D eigenvalue weighted by Gasteiger charge is -2.22. The van der Waals surface area contributed by atoms with Crippen molar-refractivity contribution in [3.05, 3.63) is 29.8 Å². The van der Waals surface area contributed by atoms with Crippen molar-refractivity contribution in [2.24, 2.45) is 4.99 Å². The minimum atomic E-state index is 0. The highest BCUT2D eigenvalue weighted by Crippen LogP contribution is 2.28. The van der Waals surface area contributed by atoms with Gasteiger partial charge >= 0.3 is 0 Å². The summed E-state index contributed by atoms with van der Waals surface area (Å²) < 4.78 is 5.25. The number of methoxy groups -OCH3 is 1. The van der Waals surface area contributed by atoms with Crippen LogP contribution in [0.3, 0.4) is 0 Å². The highest BCUT2D eigenvalue weighted by molar-refractivity contribution is 14.0. The number of benzene rings is 1. The van der Waals surface area contributed by atoms with Crippen LogP contribution in [0.4, 0.5) is 0 Å². The zero-order chi connectivity index (χ0) is 19.6. The molecule has 158 valence electrons. The van der Waals surface area contributed by atoms with Gasteiger partial charge in [0.25, 0.3) is 0 Å². The lowest BCUT2D eigenvalue weighted by atomic mass is 9.98. The SMILES string of the molecule is CCNC(=NCCC(=O)NC(C)CC)N1CCC(c2ccc(OC)cc2)C1.I. The van der Waals surface area contributed by atoms with E-state index in [4.69, 9.17) is 4.74 Å². The summed E-state index contributed by atoms with van der Waals surface area (Å²) in [6, 6.07) is 8.56. The quantitative estimate of drug-likeness (QED) is 0.325. The van der Waals surface area contributed by atoms with E-state index in [2.05, 4.69) is 46.5 Å². The Morgan fingerprint density at radius 2 is 2.04 bits per heavy atom. The van der Waals surface area contributed by atoms with Gasteiger partial charge in [0.05, 0.1) is 13.7 Å². The first kappa shape index (κ1) is 24.5. The first-order chi connectivity index (χ1) is 13.1. The summed E-state index contributed by atoms with van der Waals surface area (Å²) in [6.07, 6.45) is 2.47. The molecule has 28 heavy (non-hydrogen) atoms. The van der Waals surface area contributed by atoms with Crippen molar-refractivity contribution in [2.45, 2.75) is 52.0 Å². The van der Waals surface area contributed by atoms with E-state index in [9.17, 15) is 4.79 Å². The van der Waals surface area contributed by atoms with Crippen LogP contribution in [0.25, 0.3) is 0 Å². The minimum Gasteiger partial charge on any atom is -0.497 e. The standard InChI is InChI=1S/C21H34N4O2.HI/c1-5-16(3)24-20(26)11-13-23-21(22-6-2)25-14-12-18(15-25)17-7-9-19(27-4)10-8-17;/h7-10,16,18H,5-6,11-15H2,1-4H3,(H,22,23)(H,24,26);1H. The first-order valence-electron chi connectivity index (χ1n) is 10.0. The molecule has 1 aliphatic heterocycles. The van der Waals surface area contributed by atoms with Gasteiger partial charge < -0.3 is 20.3 Å². The second kappa shape index (κ2) is 12.9. The molecule has 1 heterocycles.